The number of nitrogens with zero attached hydrogens (tertiary/aromatic N) is 6. The molecule has 0 aliphatic rings. The average molecular weight is 617 g/mol. The second-order valence-electron chi connectivity index (χ2n) is 10.2. The van der Waals surface area contributed by atoms with E-state index in [1.54, 1.807) is 6.20 Å². The highest BCUT2D eigenvalue weighted by Gasteiger charge is 2.20. The molecule has 44 heavy (non-hydrogen) atoms. The van der Waals surface area contributed by atoms with Gasteiger partial charge in [0.1, 0.15) is 11.8 Å². The molecule has 7 aromatic rings. The van der Waals surface area contributed by atoms with Crippen molar-refractivity contribution in [1.29, 1.82) is 5.26 Å². The Bertz CT molecular complexity index is 2140. The number of halogens is 2. The van der Waals surface area contributed by atoms with E-state index in [1.807, 2.05) is 83.7 Å². The van der Waals surface area contributed by atoms with E-state index in [1.165, 1.54) is 11.8 Å². The van der Waals surface area contributed by atoms with Crippen LogP contribution in [0.25, 0.3) is 21.8 Å². The first-order chi connectivity index (χ1) is 21.6. The van der Waals surface area contributed by atoms with E-state index in [0.29, 0.717) is 50.1 Å². The lowest BCUT2D eigenvalue weighted by molar-refractivity contribution is 0.712. The number of fused-ring (bicyclic) bond motifs is 2. The van der Waals surface area contributed by atoms with Crippen molar-refractivity contribution in [3.8, 4) is 6.07 Å². The first kappa shape index (κ1) is 27.4. The Hall–Kier alpha value is -5.43. The van der Waals surface area contributed by atoms with Crippen LogP contribution in [-0.4, -0.2) is 30.2 Å². The number of pyridine rings is 1. The summed E-state index contributed by atoms with van der Waals surface area (Å²) in [5.74, 6) is 0. The predicted octanol–water partition coefficient (Wildman–Crippen LogP) is 7.87. The summed E-state index contributed by atoms with van der Waals surface area (Å²) in [5, 5.41) is 35.3. The molecular formula is C33H23Cl2N9. The summed E-state index contributed by atoms with van der Waals surface area (Å²) in [7, 11) is 0. The summed E-state index contributed by atoms with van der Waals surface area (Å²) < 4.78 is 1.97. The topological polar surface area (TPSA) is 120 Å². The van der Waals surface area contributed by atoms with Gasteiger partial charge in [0.25, 0.3) is 0 Å². The molecule has 0 amide bonds. The number of aromatic amines is 1. The maximum absolute atomic E-state index is 10.0. The molecule has 214 valence electrons. The van der Waals surface area contributed by atoms with Crippen molar-refractivity contribution < 1.29 is 0 Å². The fourth-order valence-electron chi connectivity index (χ4n) is 5.25. The predicted molar refractivity (Wildman–Crippen MR) is 173 cm³/mol. The monoisotopic (exact) mass is 615 g/mol. The van der Waals surface area contributed by atoms with Gasteiger partial charge in [-0.3, -0.25) is 9.67 Å². The van der Waals surface area contributed by atoms with E-state index in [2.05, 4.69) is 54.3 Å². The van der Waals surface area contributed by atoms with Gasteiger partial charge < -0.3 is 10.6 Å². The first-order valence-electron chi connectivity index (χ1n) is 13.7. The Kier molecular flexibility index (Phi) is 7.28. The second-order valence-corrected chi connectivity index (χ2v) is 11.1. The number of nitriles is 1. The minimum Gasteiger partial charge on any atom is -0.373 e. The summed E-state index contributed by atoms with van der Waals surface area (Å²) in [6.45, 7) is 0.671. The first-order valence-corrected chi connectivity index (χ1v) is 14.5. The molecule has 3 heterocycles. The highest BCUT2D eigenvalue weighted by molar-refractivity contribution is 6.36. The van der Waals surface area contributed by atoms with Crippen molar-refractivity contribution in [2.75, 3.05) is 10.6 Å². The normalized spacial score (nSPS) is 11.8. The van der Waals surface area contributed by atoms with Gasteiger partial charge in [-0.2, -0.15) is 25.8 Å². The Morgan fingerprint density at radius 3 is 2.52 bits per heavy atom. The van der Waals surface area contributed by atoms with Crippen LogP contribution in [0.1, 0.15) is 28.4 Å². The molecule has 0 spiro atoms. The van der Waals surface area contributed by atoms with Gasteiger partial charge in [0.15, 0.2) is 0 Å². The molecule has 0 radical (unpaired) electrons. The molecule has 0 aliphatic carbocycles. The fourth-order valence-corrected chi connectivity index (χ4v) is 5.65. The van der Waals surface area contributed by atoms with E-state index in [9.17, 15) is 5.26 Å². The number of aromatic nitrogens is 6. The molecule has 1 atom stereocenters. The van der Waals surface area contributed by atoms with Gasteiger partial charge in [-0.05, 0) is 53.6 Å². The standard InChI is InChI=1S/C33H23Cl2N9/c34-24-8-6-21(7-9-24)32(29-18-38-43-42-29)41-26-13-27-31(23(15-36)16-37-33(27)28(35)14-26)40-25-10-11-30-22(12-25)17-39-44(30)19-20-4-2-1-3-5-20/h1-14,16-18,32,41H,19H2,(H,37,40)(H,38,42,43). The van der Waals surface area contributed by atoms with Crippen LogP contribution in [0, 0.1) is 11.3 Å². The van der Waals surface area contributed by atoms with E-state index >= 15 is 0 Å². The molecule has 3 N–H and O–H groups in total. The zero-order valence-electron chi connectivity index (χ0n) is 23.0. The molecule has 0 bridgehead atoms. The van der Waals surface area contributed by atoms with Gasteiger partial charge in [-0.15, -0.1) is 0 Å². The average Bonchev–Trinajstić information content (AvgIpc) is 3.72. The van der Waals surface area contributed by atoms with Gasteiger partial charge >= 0.3 is 0 Å². The van der Waals surface area contributed by atoms with Crippen LogP contribution in [-0.2, 0) is 6.54 Å². The van der Waals surface area contributed by atoms with Crippen LogP contribution in [0.15, 0.2) is 104 Å². The second kappa shape index (κ2) is 11.7. The molecule has 0 saturated carbocycles. The number of nitrogens with one attached hydrogen (secondary N) is 3. The molecule has 7 rings (SSSR count). The number of hydrogen-bond acceptors (Lipinski definition) is 7. The van der Waals surface area contributed by atoms with Crippen LogP contribution in [0.2, 0.25) is 10.0 Å². The third-order valence-corrected chi connectivity index (χ3v) is 7.92. The van der Waals surface area contributed by atoms with Crippen molar-refractivity contribution in [2.45, 2.75) is 12.6 Å². The van der Waals surface area contributed by atoms with Crippen LogP contribution in [0.5, 0.6) is 0 Å². The smallest absolute Gasteiger partial charge is 0.109 e. The lowest BCUT2D eigenvalue weighted by Crippen LogP contribution is -2.13. The largest absolute Gasteiger partial charge is 0.373 e. The van der Waals surface area contributed by atoms with Crippen molar-refractivity contribution in [3.63, 3.8) is 0 Å². The molecule has 0 aliphatic heterocycles. The maximum atomic E-state index is 10.0. The Morgan fingerprint density at radius 2 is 1.75 bits per heavy atom. The van der Waals surface area contributed by atoms with E-state index < -0.39 is 0 Å². The van der Waals surface area contributed by atoms with Gasteiger partial charge in [-0.1, -0.05) is 65.7 Å². The third-order valence-electron chi connectivity index (χ3n) is 7.38. The molecular weight excluding hydrogens is 593 g/mol. The number of rotatable bonds is 8. The van der Waals surface area contributed by atoms with Crippen molar-refractivity contribution >= 4 is 62.1 Å². The molecule has 9 nitrogen and oxygen atoms in total. The van der Waals surface area contributed by atoms with Crippen molar-refractivity contribution in [3.05, 3.63) is 136 Å². The zero-order chi connectivity index (χ0) is 30.0. The van der Waals surface area contributed by atoms with Crippen LogP contribution in [0.3, 0.4) is 0 Å². The maximum Gasteiger partial charge on any atom is 0.109 e. The van der Waals surface area contributed by atoms with Crippen molar-refractivity contribution in [2.24, 2.45) is 0 Å². The summed E-state index contributed by atoms with van der Waals surface area (Å²) in [6.07, 6.45) is 5.04. The van der Waals surface area contributed by atoms with Crippen LogP contribution in [0.4, 0.5) is 17.1 Å². The fraction of sp³-hybridized carbons (Fsp3) is 0.0606. The molecule has 4 aromatic carbocycles. The quantitative estimate of drug-likeness (QED) is 0.159. The minimum absolute atomic E-state index is 0.349. The van der Waals surface area contributed by atoms with E-state index in [4.69, 9.17) is 23.2 Å². The Morgan fingerprint density at radius 1 is 0.909 bits per heavy atom. The van der Waals surface area contributed by atoms with Gasteiger partial charge in [0.05, 0.1) is 52.3 Å². The summed E-state index contributed by atoms with van der Waals surface area (Å²) in [4.78, 5) is 4.51. The molecule has 3 aromatic heterocycles. The Labute approximate surface area is 262 Å². The summed E-state index contributed by atoms with van der Waals surface area (Å²) >= 11 is 12.9. The molecule has 0 saturated heterocycles. The summed E-state index contributed by atoms with van der Waals surface area (Å²) in [5.41, 5.74) is 6.87. The third kappa shape index (κ3) is 5.40. The number of benzene rings is 4. The molecule has 1 unspecified atom stereocenters. The van der Waals surface area contributed by atoms with Crippen LogP contribution < -0.4 is 10.6 Å². The SMILES string of the molecule is N#Cc1cnc2c(Cl)cc(NC(c3ccc(Cl)cc3)c3cn[nH]n3)cc2c1Nc1ccc2c(cnn2Cc2ccccc2)c1. The van der Waals surface area contributed by atoms with Gasteiger partial charge in [-0.25, -0.2) is 0 Å². The zero-order valence-corrected chi connectivity index (χ0v) is 24.6. The lowest BCUT2D eigenvalue weighted by atomic mass is 10.0. The van der Waals surface area contributed by atoms with Crippen molar-refractivity contribution in [1.82, 2.24) is 30.2 Å². The molecule has 0 fully saturated rings. The number of anilines is 3. The number of hydrogen-bond donors (Lipinski definition) is 3. The van der Waals surface area contributed by atoms with Gasteiger partial charge in [0.2, 0.25) is 0 Å². The highest BCUT2D eigenvalue weighted by Crippen LogP contribution is 2.37. The lowest BCUT2D eigenvalue weighted by Gasteiger charge is -2.20. The van der Waals surface area contributed by atoms with Crippen LogP contribution >= 0.6 is 23.2 Å². The van der Waals surface area contributed by atoms with Gasteiger partial charge in [0, 0.05) is 33.4 Å². The minimum atomic E-state index is -0.349. The van der Waals surface area contributed by atoms with E-state index in [-0.39, 0.29) is 6.04 Å². The molecule has 11 heteroatoms. The summed E-state index contributed by atoms with van der Waals surface area (Å²) in [6, 6.07) is 29.4. The highest BCUT2D eigenvalue weighted by atomic mass is 35.5. The Balaban J connectivity index is 1.25. The number of H-pyrrole nitrogens is 1. The van der Waals surface area contributed by atoms with E-state index in [0.717, 1.165) is 22.2 Å².